The first-order valence-electron chi connectivity index (χ1n) is 25.2. The summed E-state index contributed by atoms with van der Waals surface area (Å²) in [5.41, 5.74) is -8.74. The Bertz CT molecular complexity index is 5420. The molecule has 12 rings (SSSR count). The first kappa shape index (κ1) is 64.1. The van der Waals surface area contributed by atoms with Crippen LogP contribution in [0, 0.1) is 6.92 Å². The summed E-state index contributed by atoms with van der Waals surface area (Å²) in [6, 6.07) is 23.6. The summed E-state index contributed by atoms with van der Waals surface area (Å²) in [5.74, 6) is -8.44. The number of ketones is 8. The Labute approximate surface area is 525 Å². The molecule has 4 aliphatic carbocycles. The summed E-state index contributed by atoms with van der Waals surface area (Å²) in [4.78, 5) is 113. The number of rotatable bonds is 8. The Balaban J connectivity index is 0.00000135. The van der Waals surface area contributed by atoms with Crippen molar-refractivity contribution < 1.29 is 143 Å². The Morgan fingerprint density at radius 2 is 0.611 bits per heavy atom. The van der Waals surface area contributed by atoms with E-state index in [-0.39, 0.29) is 71.8 Å². The fourth-order valence-electron chi connectivity index (χ4n) is 11.6. The number of aryl methyl sites for hydroxylation is 1. The molecule has 8 aromatic rings. The molecule has 0 spiro atoms. The second-order valence-electron chi connectivity index (χ2n) is 19.9. The van der Waals surface area contributed by atoms with Crippen LogP contribution in [0.4, 0.5) is 0 Å². The molecule has 4 aliphatic rings. The van der Waals surface area contributed by atoms with Gasteiger partial charge in [-0.05, 0) is 88.0 Å². The summed E-state index contributed by atoms with van der Waals surface area (Å²) >= 11 is -3.25. The third-order valence-corrected chi connectivity index (χ3v) is 18.6. The van der Waals surface area contributed by atoms with E-state index in [1.54, 1.807) is 0 Å². The van der Waals surface area contributed by atoms with Crippen LogP contribution in [0.1, 0.15) is 161 Å². The minimum atomic E-state index is -5.53. The van der Waals surface area contributed by atoms with Crippen molar-refractivity contribution in [3.63, 3.8) is 0 Å². The Kier molecular flexibility index (Phi) is 16.7. The number of hydrogen-bond acceptors (Lipinski definition) is 24. The van der Waals surface area contributed by atoms with Gasteiger partial charge in [-0.2, -0.15) is 0 Å². The van der Waals surface area contributed by atoms with Crippen LogP contribution in [-0.4, -0.2) is 98.1 Å². The summed E-state index contributed by atoms with van der Waals surface area (Å²) in [7, 11) is -21.7. The van der Waals surface area contributed by atoms with E-state index in [4.69, 9.17) is 15.9 Å². The van der Waals surface area contributed by atoms with Gasteiger partial charge in [-0.25, -0.2) is 33.7 Å². The molecule has 454 valence electrons. The zero-order chi connectivity index (χ0) is 65.6. The monoisotopic (exact) mass is 1370 g/mol. The van der Waals surface area contributed by atoms with Crippen molar-refractivity contribution in [3.05, 3.63) is 255 Å². The summed E-state index contributed by atoms with van der Waals surface area (Å²) in [6.07, 6.45) is 1.79. The molecular formula is C60H32Cr2O24S4-2. The van der Waals surface area contributed by atoms with Gasteiger partial charge >= 0.3 is 52.6 Å². The van der Waals surface area contributed by atoms with Crippen LogP contribution in [0.15, 0.2) is 147 Å². The fourth-order valence-corrected chi connectivity index (χ4v) is 14.4. The molecule has 0 saturated heterocycles. The van der Waals surface area contributed by atoms with Gasteiger partial charge in [-0.3, -0.25) is 38.4 Å². The molecule has 0 aromatic heterocycles. The molecule has 24 nitrogen and oxygen atoms in total. The number of carbonyl (C=O) groups is 8. The SMILES string of the molecule is Cc1ccc(Cc2ccc(/C=c3/cc/c(=C\c4cccc5c4C(=O)c4cccc(S(=O)(=O)[O-])c4C5=O)c4c3C(=O)c3cccc(S(=O)(=O)[O-])c3C4=O)c3c2C(=O)c2cccc(S(=O)(=O)[O-])c2C3=O)c2c1C(=O)c1cccc(S(=O)(=O)[O-])c1C2=O.[H+].[H+].[H+].[H+].[O]=[Cr][O-].[O]=[Cr][O-]. The summed E-state index contributed by atoms with van der Waals surface area (Å²) in [6.45, 7) is 1.49. The molecule has 0 radical (unpaired) electrons. The molecule has 0 N–H and O–H groups in total. The van der Waals surface area contributed by atoms with Gasteiger partial charge in [0.1, 0.15) is 40.5 Å². The van der Waals surface area contributed by atoms with Crippen molar-refractivity contribution in [2.45, 2.75) is 32.9 Å². The first-order chi connectivity index (χ1) is 42.3. The van der Waals surface area contributed by atoms with Crippen LogP contribution in [-0.2, 0) is 85.5 Å². The third-order valence-electron chi connectivity index (χ3n) is 15.1. The number of hydrogen-bond donors (Lipinski definition) is 0. The quantitative estimate of drug-likeness (QED) is 0.196. The van der Waals surface area contributed by atoms with Gasteiger partial charge in [-0.1, -0.05) is 103 Å². The number of benzene rings is 8. The number of carbonyl (C=O) groups excluding carboxylic acids is 8. The third kappa shape index (κ3) is 10.7. The van der Waals surface area contributed by atoms with Gasteiger partial charge in [0.05, 0.1) is 41.8 Å². The molecule has 30 heteroatoms. The standard InChI is InChI=1S/C60H32O20S4.2Cr.4O/c1-26-17-18-28(44-42(26)53(61)35-10-4-14-39(82(72,73)74)50(35)58(44)66)24-29-20-22-32(48-45(29)55(63)37-12-6-16-41(84(78,79)80)52(37)60(48)68)25-30-19-21-31(47-46(30)56(64)36-11-5-15-40(83(75,76)77)51(36)59(47)67)23-27-7-2-8-33-43(27)54(62)34-9-3-13-38(81(69,70)71)49(34)57(33)65;;;;;;/h2-23,25H,24H2,1H3,(H,69,70,71)(H,72,73,74)(H,75,76,77)(H,78,79,80);;;;;;/q;;;;;2*-1/b30-25-,31-23+;;;;;;. The van der Waals surface area contributed by atoms with E-state index in [0.717, 1.165) is 78.9 Å². The van der Waals surface area contributed by atoms with Gasteiger partial charge in [0.25, 0.3) is 0 Å². The van der Waals surface area contributed by atoms with Gasteiger partial charge in [0, 0.05) is 66.8 Å². The predicted octanol–water partition coefficient (Wildman–Crippen LogP) is 1.79. The summed E-state index contributed by atoms with van der Waals surface area (Å²) in [5, 5.41) is -0.507. The van der Waals surface area contributed by atoms with E-state index in [1.807, 2.05) is 0 Å². The van der Waals surface area contributed by atoms with E-state index in [1.165, 1.54) is 67.6 Å². The van der Waals surface area contributed by atoms with Crippen LogP contribution < -0.4 is 18.8 Å². The normalized spacial score (nSPS) is 14.3. The first-order valence-corrected chi connectivity index (χ1v) is 32.9. The van der Waals surface area contributed by atoms with Gasteiger partial charge in [-0.15, -0.1) is 0 Å². The molecule has 0 unspecified atom stereocenters. The topological polar surface area (TPSA) is 446 Å². The molecule has 0 fully saturated rings. The van der Waals surface area contributed by atoms with Crippen molar-refractivity contribution >= 4 is 98.9 Å². The second kappa shape index (κ2) is 23.5. The zero-order valence-electron chi connectivity index (χ0n) is 48.7. The Morgan fingerprint density at radius 1 is 0.333 bits per heavy atom. The second-order valence-corrected chi connectivity index (χ2v) is 25.7. The van der Waals surface area contributed by atoms with Crippen LogP contribution >= 0.6 is 0 Å². The summed E-state index contributed by atoms with van der Waals surface area (Å²) < 4.78 is 185. The van der Waals surface area contributed by atoms with Crippen LogP contribution in [0.5, 0.6) is 0 Å². The van der Waals surface area contributed by atoms with Gasteiger partial charge in [0.15, 0.2) is 46.3 Å². The van der Waals surface area contributed by atoms with E-state index >= 15 is 19.2 Å². The Hall–Kier alpha value is -8.92. The molecule has 0 bridgehead atoms. The maximum absolute atomic E-state index is 15.2. The molecule has 0 saturated carbocycles. The fraction of sp³-hybridized carbons (Fsp3) is 0.0333. The van der Waals surface area contributed by atoms with E-state index in [0.29, 0.717) is 0 Å². The van der Waals surface area contributed by atoms with Crippen molar-refractivity contribution in [2.75, 3.05) is 0 Å². The molecule has 0 heterocycles. The van der Waals surface area contributed by atoms with Gasteiger partial charge in [0.2, 0.25) is 0 Å². The van der Waals surface area contributed by atoms with Gasteiger partial charge < -0.3 is 18.2 Å². The molecular weight excluding hydrogens is 1340 g/mol. The van der Waals surface area contributed by atoms with Crippen LogP contribution in [0.2, 0.25) is 0 Å². The van der Waals surface area contributed by atoms with Crippen molar-refractivity contribution in [1.82, 2.24) is 0 Å². The van der Waals surface area contributed by atoms with E-state index < -0.39 is 205 Å². The van der Waals surface area contributed by atoms with Crippen LogP contribution in [0.25, 0.3) is 12.2 Å². The van der Waals surface area contributed by atoms with Crippen molar-refractivity contribution in [1.29, 1.82) is 0 Å². The maximum atomic E-state index is 15.2. The minimum absolute atomic E-state index is 0. The van der Waals surface area contributed by atoms with Crippen LogP contribution in [0.3, 0.4) is 0 Å². The molecule has 0 aliphatic heterocycles. The Morgan fingerprint density at radius 3 is 1.02 bits per heavy atom. The zero-order valence-corrected chi connectivity index (χ0v) is 50.5. The molecule has 0 amide bonds. The van der Waals surface area contributed by atoms with E-state index in [2.05, 4.69) is 0 Å². The molecule has 8 aromatic carbocycles. The average Bonchev–Trinajstić information content (AvgIpc) is 0.737. The molecule has 90 heavy (non-hydrogen) atoms. The van der Waals surface area contributed by atoms with E-state index in [9.17, 15) is 71.1 Å². The van der Waals surface area contributed by atoms with Crippen molar-refractivity contribution in [3.8, 4) is 0 Å². The average molecular weight is 1370 g/mol. The van der Waals surface area contributed by atoms with Crippen molar-refractivity contribution in [2.24, 2.45) is 0 Å². The number of fused-ring (bicyclic) bond motifs is 8. The molecule has 0 atom stereocenters. The predicted molar refractivity (Wildman–Crippen MR) is 291 cm³/mol.